The van der Waals surface area contributed by atoms with Gasteiger partial charge in [0, 0.05) is 72.8 Å². The largest absolute Gasteiger partial charge is 0.396 e. The van der Waals surface area contributed by atoms with Crippen LogP contribution in [0, 0.1) is 59.6 Å². The Morgan fingerprint density at radius 3 is 0.613 bits per heavy atom. The minimum Gasteiger partial charge on any atom is -0.396 e. The van der Waals surface area contributed by atoms with E-state index in [1.165, 1.54) is 75.3 Å². The quantitative estimate of drug-likeness (QED) is 0.0475. The van der Waals surface area contributed by atoms with Crippen molar-refractivity contribution < 1.29 is 99.8 Å². The highest BCUT2D eigenvalue weighted by Gasteiger charge is 2.45. The van der Waals surface area contributed by atoms with Crippen LogP contribution in [0.5, 0.6) is 0 Å². The SMILES string of the molecule is C=C(COCC1(CC)COC1)COCC1(CC)COC1.CCC1(CO)COC1.CCC1(COCC2(CC)COC2)COC1.CCC1(COCCCCCCCCCCOCC2(CC)COC2)COC1.CCC1(COCCOCC2(CC)COC2)COC1.CCC1(COCc2ccc(COCC3(CC)COC3)cc2)COC1. The van der Waals surface area contributed by atoms with Crippen molar-refractivity contribution in [3.8, 4) is 0 Å². The highest BCUT2D eigenvalue weighted by atomic mass is 16.6. The molecule has 11 saturated heterocycles. The van der Waals surface area contributed by atoms with Gasteiger partial charge in [-0.05, 0) is 100 Å². The summed E-state index contributed by atoms with van der Waals surface area (Å²) in [6.07, 6.45) is 22.8. The van der Waals surface area contributed by atoms with Crippen molar-refractivity contribution in [3.63, 3.8) is 0 Å². The standard InChI is InChI=1S/C22H42O4.C20H30O4.C16H28O4.C14H26O4.C12H22O3.C6H12O2/c1-3-21(17-25-18-21)15-23-13-11-9-7-5-6-8-10-12-14-24-16-22(4-2)19-26-20-22;1-3-19(13-23-14-19)11-21-9-17-5-7-18(8-6-17)10-22-12-20(4-2)15-24-16-20;1-4-15(10-19-11-15)8-17-6-14(3)7-18-9-16(5-2)12-20-13-16;1-3-13(9-17-10-13)7-15-5-6-16-8-14(4-2)11-18-12-14;1-3-11(5-13-6-11)9-15-10-12(4-2)7-14-8-12;1-2-6(3-7)4-8-5-6/h3-20H2,1-2H3;5-8H,3-4,9-16H2,1-2H3;3-13H2,1-2H3;3-12H2,1-2H3;3-10H2,1-2H3;7H,2-5H2,1H3. The fourth-order valence-electron chi connectivity index (χ4n) is 14.2. The Balaban J connectivity index is 0.000000190. The second kappa shape index (κ2) is 50.3. The number of ether oxygens (including phenoxy) is 20. The Morgan fingerprint density at radius 2 is 0.432 bits per heavy atom. The number of unbranched alkanes of at least 4 members (excludes halogenated alkanes) is 7. The van der Waals surface area contributed by atoms with Gasteiger partial charge in [0.15, 0.2) is 0 Å². The molecule has 0 atom stereocenters. The molecule has 1 aromatic carbocycles. The Labute approximate surface area is 672 Å². The van der Waals surface area contributed by atoms with Crippen molar-refractivity contribution in [2.75, 3.05) is 258 Å². The Kier molecular flexibility index (Phi) is 43.6. The molecule has 0 spiro atoms. The topological polar surface area (TPSA) is 205 Å². The summed E-state index contributed by atoms with van der Waals surface area (Å²) in [5.41, 5.74) is 6.46. The minimum atomic E-state index is 0.139. The molecule has 11 fully saturated rings. The molecule has 0 bridgehead atoms. The van der Waals surface area contributed by atoms with Gasteiger partial charge in [-0.1, -0.05) is 146 Å². The molecule has 0 saturated carbocycles. The molecule has 111 heavy (non-hydrogen) atoms. The van der Waals surface area contributed by atoms with E-state index in [0.717, 1.165) is 288 Å². The zero-order valence-corrected chi connectivity index (χ0v) is 72.1. The van der Waals surface area contributed by atoms with Gasteiger partial charge < -0.3 is 99.8 Å². The van der Waals surface area contributed by atoms with Gasteiger partial charge in [-0.2, -0.15) is 0 Å². The van der Waals surface area contributed by atoms with Crippen LogP contribution in [0.2, 0.25) is 0 Å². The van der Waals surface area contributed by atoms with E-state index in [-0.39, 0.29) is 44.5 Å². The van der Waals surface area contributed by atoms with Gasteiger partial charge in [0.2, 0.25) is 0 Å². The van der Waals surface area contributed by atoms with Crippen LogP contribution in [0.3, 0.4) is 0 Å². The predicted octanol–water partition coefficient (Wildman–Crippen LogP) is 15.1. The third kappa shape index (κ3) is 31.0. The molecule has 0 unspecified atom stereocenters. The molecule has 11 aliphatic heterocycles. The van der Waals surface area contributed by atoms with E-state index >= 15 is 0 Å². The van der Waals surface area contributed by atoms with Crippen LogP contribution in [0.1, 0.15) is 209 Å². The second-order valence-corrected chi connectivity index (χ2v) is 36.0. The maximum absolute atomic E-state index is 8.76. The molecule has 1 N–H and O–H groups in total. The highest BCUT2D eigenvalue weighted by Crippen LogP contribution is 2.40. The van der Waals surface area contributed by atoms with E-state index in [1.807, 2.05) is 0 Å². The van der Waals surface area contributed by atoms with Gasteiger partial charge in [0.25, 0.3) is 0 Å². The van der Waals surface area contributed by atoms with Crippen LogP contribution in [0.15, 0.2) is 36.4 Å². The van der Waals surface area contributed by atoms with Gasteiger partial charge in [0.1, 0.15) is 0 Å². The van der Waals surface area contributed by atoms with E-state index < -0.39 is 0 Å². The Bertz CT molecular complexity index is 2330. The molecular formula is C90H160O21. The van der Waals surface area contributed by atoms with Crippen LogP contribution < -0.4 is 0 Å². The third-order valence-electron chi connectivity index (χ3n) is 26.5. The predicted molar refractivity (Wildman–Crippen MR) is 434 cm³/mol. The zero-order valence-electron chi connectivity index (χ0n) is 72.1. The molecule has 11 aliphatic rings. The normalized spacial score (nSPS) is 22.8. The molecule has 0 aliphatic carbocycles. The van der Waals surface area contributed by atoms with Crippen LogP contribution in [-0.4, -0.2) is 263 Å². The van der Waals surface area contributed by atoms with Crippen molar-refractivity contribution in [1.82, 2.24) is 0 Å². The van der Waals surface area contributed by atoms with Crippen molar-refractivity contribution >= 4 is 0 Å². The second-order valence-electron chi connectivity index (χ2n) is 36.0. The van der Waals surface area contributed by atoms with E-state index in [2.05, 4.69) is 107 Å². The average Bonchev–Trinajstić information content (AvgIpc) is 0.834. The summed E-state index contributed by atoms with van der Waals surface area (Å²) in [7, 11) is 0. The van der Waals surface area contributed by atoms with Crippen molar-refractivity contribution in [3.05, 3.63) is 47.5 Å². The first kappa shape index (κ1) is 96.3. The molecule has 0 aromatic heterocycles. The third-order valence-corrected chi connectivity index (χ3v) is 26.5. The van der Waals surface area contributed by atoms with Crippen molar-refractivity contribution in [2.24, 2.45) is 59.6 Å². The highest BCUT2D eigenvalue weighted by molar-refractivity contribution is 5.21. The van der Waals surface area contributed by atoms with Gasteiger partial charge in [-0.3, -0.25) is 0 Å². The summed E-state index contributed by atoms with van der Waals surface area (Å²) in [5, 5.41) is 8.76. The maximum atomic E-state index is 8.76. The lowest BCUT2D eigenvalue weighted by Crippen LogP contribution is -2.49. The van der Waals surface area contributed by atoms with Crippen molar-refractivity contribution in [2.45, 2.75) is 211 Å². The molecule has 0 amide bonds. The van der Waals surface area contributed by atoms with Crippen molar-refractivity contribution in [1.29, 1.82) is 0 Å². The van der Waals surface area contributed by atoms with Gasteiger partial charge in [-0.25, -0.2) is 0 Å². The van der Waals surface area contributed by atoms with Gasteiger partial charge in [-0.15, -0.1) is 0 Å². The van der Waals surface area contributed by atoms with Gasteiger partial charge in [0.05, 0.1) is 258 Å². The molecule has 1 aromatic rings. The maximum Gasteiger partial charge on any atom is 0.0717 e. The number of aliphatic hydroxyl groups excluding tert-OH is 1. The smallest absolute Gasteiger partial charge is 0.0717 e. The molecule has 21 heteroatoms. The van der Waals surface area contributed by atoms with Crippen LogP contribution in [0.25, 0.3) is 0 Å². The van der Waals surface area contributed by atoms with Crippen LogP contribution >= 0.6 is 0 Å². The lowest BCUT2D eigenvalue weighted by molar-refractivity contribution is -0.187. The Hall–Kier alpha value is -1.88. The number of aliphatic hydroxyl groups is 1. The zero-order chi connectivity index (χ0) is 79.6. The summed E-state index contributed by atoms with van der Waals surface area (Å²) in [6, 6.07) is 8.54. The first-order valence-corrected chi connectivity index (χ1v) is 43.8. The van der Waals surface area contributed by atoms with E-state index in [9.17, 15) is 0 Å². The van der Waals surface area contributed by atoms with Crippen LogP contribution in [-0.2, 0) is 108 Å². The molecule has 11 heterocycles. The number of benzene rings is 1. The van der Waals surface area contributed by atoms with E-state index in [1.54, 1.807) is 0 Å². The summed E-state index contributed by atoms with van der Waals surface area (Å²) in [4.78, 5) is 0. The van der Waals surface area contributed by atoms with Gasteiger partial charge >= 0.3 is 0 Å². The van der Waals surface area contributed by atoms with Crippen LogP contribution in [0.4, 0.5) is 0 Å². The fraction of sp³-hybridized carbons (Fsp3) is 0.911. The number of rotatable bonds is 54. The number of hydrogen-bond donors (Lipinski definition) is 1. The number of hydrogen-bond acceptors (Lipinski definition) is 21. The molecule has 12 rings (SSSR count). The van der Waals surface area contributed by atoms with E-state index in [0.29, 0.717) is 61.3 Å². The fourth-order valence-corrected chi connectivity index (χ4v) is 14.2. The minimum absolute atomic E-state index is 0.139. The monoisotopic (exact) mass is 1580 g/mol. The molecule has 0 radical (unpaired) electrons. The summed E-state index contributed by atoms with van der Waals surface area (Å²) in [5.74, 6) is 0. The summed E-state index contributed by atoms with van der Waals surface area (Å²) < 4.78 is 110. The summed E-state index contributed by atoms with van der Waals surface area (Å²) >= 11 is 0. The lowest BCUT2D eigenvalue weighted by Gasteiger charge is -2.44. The molecule has 21 nitrogen and oxygen atoms in total. The lowest BCUT2D eigenvalue weighted by atomic mass is 9.83. The summed E-state index contributed by atoms with van der Waals surface area (Å²) in [6.45, 7) is 61.0. The first-order chi connectivity index (χ1) is 53.9. The first-order valence-electron chi connectivity index (χ1n) is 43.8. The average molecular weight is 1580 g/mol. The Morgan fingerprint density at radius 1 is 0.252 bits per heavy atom. The molecular weight excluding hydrogens is 1420 g/mol. The van der Waals surface area contributed by atoms with E-state index in [4.69, 9.17) is 99.8 Å². The molecule has 646 valence electrons.